The molecule has 1 fully saturated rings. The number of amides is 1. The Bertz CT molecular complexity index is 780. The zero-order chi connectivity index (χ0) is 16.4. The van der Waals surface area contributed by atoms with Gasteiger partial charge in [0.1, 0.15) is 11.9 Å². The second kappa shape index (κ2) is 6.20. The third-order valence-corrected chi connectivity index (χ3v) is 5.79. The van der Waals surface area contributed by atoms with Gasteiger partial charge in [-0.2, -0.15) is 0 Å². The molecule has 2 atom stereocenters. The van der Waals surface area contributed by atoms with E-state index in [1.165, 1.54) is 6.08 Å². The Morgan fingerprint density at radius 3 is 2.87 bits per heavy atom. The quantitative estimate of drug-likeness (QED) is 0.855. The molecule has 23 heavy (non-hydrogen) atoms. The molecule has 2 unspecified atom stereocenters. The van der Waals surface area contributed by atoms with E-state index in [1.54, 1.807) is 6.08 Å². The number of fused-ring (bicyclic) bond motifs is 1. The molecule has 1 N–H and O–H groups in total. The maximum absolute atomic E-state index is 11.9. The van der Waals surface area contributed by atoms with Gasteiger partial charge >= 0.3 is 0 Å². The van der Waals surface area contributed by atoms with Gasteiger partial charge in [-0.25, -0.2) is 8.42 Å². The van der Waals surface area contributed by atoms with E-state index in [4.69, 9.17) is 4.74 Å². The van der Waals surface area contributed by atoms with E-state index in [-0.39, 0.29) is 29.6 Å². The van der Waals surface area contributed by atoms with Crippen molar-refractivity contribution in [2.45, 2.75) is 25.5 Å². The average molecular weight is 333 g/mol. The summed E-state index contributed by atoms with van der Waals surface area (Å²) in [4.78, 5) is 11.9. The molecule has 0 radical (unpaired) electrons. The number of sulfone groups is 1. The highest BCUT2D eigenvalue weighted by molar-refractivity contribution is 7.91. The molecule has 1 saturated heterocycles. The highest BCUT2D eigenvalue weighted by atomic mass is 32.2. The Balaban J connectivity index is 1.66. The minimum absolute atomic E-state index is 0.0299. The Morgan fingerprint density at radius 1 is 1.35 bits per heavy atom. The van der Waals surface area contributed by atoms with Crippen LogP contribution in [0.15, 0.2) is 42.0 Å². The molecule has 3 rings (SSSR count). The largest absolute Gasteiger partial charge is 0.485 e. The van der Waals surface area contributed by atoms with Crippen LogP contribution in [0.1, 0.15) is 18.9 Å². The second-order valence-electron chi connectivity index (χ2n) is 5.88. The van der Waals surface area contributed by atoms with Crippen molar-refractivity contribution >= 4 is 21.8 Å². The van der Waals surface area contributed by atoms with Gasteiger partial charge in [0.25, 0.3) is 0 Å². The Kier molecular flexibility index (Phi) is 4.26. The lowest BCUT2D eigenvalue weighted by molar-refractivity contribution is -0.117. The maximum Gasteiger partial charge on any atom is 0.244 e. The number of hydrogen-bond donors (Lipinski definition) is 1. The Morgan fingerprint density at radius 2 is 2.13 bits per heavy atom. The van der Waals surface area contributed by atoms with E-state index in [2.05, 4.69) is 5.32 Å². The zero-order valence-electron chi connectivity index (χ0n) is 12.9. The monoisotopic (exact) mass is 333 g/mol. The fourth-order valence-electron chi connectivity index (χ4n) is 2.78. The van der Waals surface area contributed by atoms with Crippen molar-refractivity contribution in [1.82, 2.24) is 5.32 Å². The summed E-state index contributed by atoms with van der Waals surface area (Å²) in [5, 5.41) is 2.74. The molecular weight excluding hydrogens is 314 g/mol. The van der Waals surface area contributed by atoms with Gasteiger partial charge in [0.15, 0.2) is 9.84 Å². The molecule has 1 aromatic carbocycles. The molecule has 1 aromatic rings. The van der Waals surface area contributed by atoms with E-state index < -0.39 is 9.84 Å². The summed E-state index contributed by atoms with van der Waals surface area (Å²) in [5.74, 6) is 0.730. The number of carbonyl (C=O) groups excluding carboxylic acids is 1. The highest BCUT2D eigenvalue weighted by Crippen LogP contribution is 2.29. The summed E-state index contributed by atoms with van der Waals surface area (Å²) < 4.78 is 28.6. The Labute approximate surface area is 136 Å². The number of benzene rings is 1. The molecule has 0 bridgehead atoms. The summed E-state index contributed by atoms with van der Waals surface area (Å²) >= 11 is 0. The smallest absolute Gasteiger partial charge is 0.244 e. The average Bonchev–Trinajstić information content (AvgIpc) is 2.84. The van der Waals surface area contributed by atoms with Crippen LogP contribution in [0.2, 0.25) is 0 Å². The summed E-state index contributed by atoms with van der Waals surface area (Å²) in [6, 6.07) is 7.44. The lowest BCUT2D eigenvalue weighted by atomic mass is 10.0. The molecular formula is C17H19NO4S. The Hall–Kier alpha value is -2.08. The molecule has 122 valence electrons. The molecule has 2 aliphatic rings. The number of hydrogen-bond acceptors (Lipinski definition) is 4. The van der Waals surface area contributed by atoms with Crippen LogP contribution in [-0.2, 0) is 14.6 Å². The minimum Gasteiger partial charge on any atom is -0.485 e. The number of nitrogens with one attached hydrogen (secondary N) is 1. The normalized spacial score (nSPS) is 25.5. The molecule has 0 aromatic heterocycles. The summed E-state index contributed by atoms with van der Waals surface area (Å²) in [5.41, 5.74) is 1.88. The van der Waals surface area contributed by atoms with Crippen LogP contribution in [0.3, 0.4) is 0 Å². The third kappa shape index (κ3) is 3.82. The first-order valence-electron chi connectivity index (χ1n) is 7.59. The number of rotatable bonds is 3. The molecule has 1 amide bonds. The van der Waals surface area contributed by atoms with Gasteiger partial charge in [0.05, 0.1) is 11.5 Å². The fraction of sp³-hybridized carbons (Fsp3) is 0.353. The van der Waals surface area contributed by atoms with E-state index in [1.807, 2.05) is 37.3 Å². The molecule has 2 aliphatic heterocycles. The van der Waals surface area contributed by atoms with Gasteiger partial charge < -0.3 is 10.1 Å². The van der Waals surface area contributed by atoms with Gasteiger partial charge in [0.2, 0.25) is 5.91 Å². The van der Waals surface area contributed by atoms with E-state index in [9.17, 15) is 13.2 Å². The lowest BCUT2D eigenvalue weighted by Gasteiger charge is -2.22. The highest BCUT2D eigenvalue weighted by Gasteiger charge is 2.28. The van der Waals surface area contributed by atoms with Crippen molar-refractivity contribution in [2.24, 2.45) is 0 Å². The van der Waals surface area contributed by atoms with Gasteiger partial charge in [-0.15, -0.1) is 0 Å². The van der Waals surface area contributed by atoms with Crippen LogP contribution in [0.5, 0.6) is 5.75 Å². The van der Waals surface area contributed by atoms with E-state index in [0.29, 0.717) is 6.42 Å². The first-order chi connectivity index (χ1) is 10.9. The summed E-state index contributed by atoms with van der Waals surface area (Å²) in [6.07, 6.45) is 5.50. The lowest BCUT2D eigenvalue weighted by Crippen LogP contribution is -2.34. The van der Waals surface area contributed by atoms with Gasteiger partial charge in [0, 0.05) is 17.7 Å². The summed E-state index contributed by atoms with van der Waals surface area (Å²) in [7, 11) is -2.99. The van der Waals surface area contributed by atoms with Crippen molar-refractivity contribution < 1.29 is 17.9 Å². The number of para-hydroxylation sites is 1. The van der Waals surface area contributed by atoms with Crippen LogP contribution >= 0.6 is 0 Å². The second-order valence-corrected chi connectivity index (χ2v) is 8.11. The third-order valence-electron chi connectivity index (χ3n) is 4.02. The van der Waals surface area contributed by atoms with Crippen LogP contribution < -0.4 is 10.1 Å². The number of ether oxygens (including phenoxy) is 1. The summed E-state index contributed by atoms with van der Waals surface area (Å²) in [6.45, 7) is 1.92. The maximum atomic E-state index is 11.9. The van der Waals surface area contributed by atoms with Crippen LogP contribution in [0, 0.1) is 0 Å². The molecule has 6 heteroatoms. The van der Waals surface area contributed by atoms with Crippen LogP contribution in [-0.4, -0.2) is 38.0 Å². The predicted octanol–water partition coefficient (Wildman–Crippen LogP) is 1.71. The molecule has 0 aliphatic carbocycles. The molecule has 5 nitrogen and oxygen atoms in total. The topological polar surface area (TPSA) is 72.5 Å². The van der Waals surface area contributed by atoms with Gasteiger partial charge in [-0.05, 0) is 37.1 Å². The van der Waals surface area contributed by atoms with Crippen LogP contribution in [0.4, 0.5) is 0 Å². The molecule has 0 spiro atoms. The SMILES string of the molecule is CC1Oc2ccccc2C=C1C=CC(=O)NC1CCS(=O)(=O)C1. The van der Waals surface area contributed by atoms with E-state index in [0.717, 1.165) is 16.9 Å². The molecule has 2 heterocycles. The first kappa shape index (κ1) is 15.8. The standard InChI is InChI=1S/C17H19NO4S/c1-12-13(10-14-4-2-3-5-16(14)22-12)6-7-17(19)18-15-8-9-23(20,21)11-15/h2-7,10,12,15H,8-9,11H2,1H3,(H,18,19). The van der Waals surface area contributed by atoms with Gasteiger partial charge in [-0.3, -0.25) is 4.79 Å². The van der Waals surface area contributed by atoms with Crippen molar-refractivity contribution in [3.63, 3.8) is 0 Å². The molecule has 0 saturated carbocycles. The van der Waals surface area contributed by atoms with Crippen LogP contribution in [0.25, 0.3) is 6.08 Å². The van der Waals surface area contributed by atoms with Gasteiger partial charge in [-0.1, -0.05) is 18.2 Å². The van der Waals surface area contributed by atoms with Crippen molar-refractivity contribution in [3.05, 3.63) is 47.6 Å². The zero-order valence-corrected chi connectivity index (χ0v) is 13.7. The fourth-order valence-corrected chi connectivity index (χ4v) is 4.45. The predicted molar refractivity (Wildman–Crippen MR) is 88.9 cm³/mol. The van der Waals surface area contributed by atoms with Crippen molar-refractivity contribution in [2.75, 3.05) is 11.5 Å². The number of carbonyl (C=O) groups is 1. The van der Waals surface area contributed by atoms with E-state index >= 15 is 0 Å². The van der Waals surface area contributed by atoms with Crippen molar-refractivity contribution in [1.29, 1.82) is 0 Å². The minimum atomic E-state index is -2.99. The first-order valence-corrected chi connectivity index (χ1v) is 9.41. The van der Waals surface area contributed by atoms with Crippen molar-refractivity contribution in [3.8, 4) is 5.75 Å².